The van der Waals surface area contributed by atoms with E-state index in [0.717, 1.165) is 24.6 Å². The summed E-state index contributed by atoms with van der Waals surface area (Å²) in [4.78, 5) is 4.36. The van der Waals surface area contributed by atoms with E-state index in [1.165, 1.54) is 12.1 Å². The summed E-state index contributed by atoms with van der Waals surface area (Å²) in [6.45, 7) is 6.05. The number of hydrogen-bond acceptors (Lipinski definition) is 2. The topological polar surface area (TPSA) is 45.7 Å². The first-order valence-electron chi connectivity index (χ1n) is 6.81. The monoisotopic (exact) mass is 303 g/mol. The molecule has 1 aromatic rings. The number of halogens is 3. The van der Waals surface area contributed by atoms with Crippen LogP contribution >= 0.6 is 0 Å². The second-order valence-corrected chi connectivity index (χ2v) is 4.23. The summed E-state index contributed by atoms with van der Waals surface area (Å²) in [7, 11) is 0. The maximum Gasteiger partial charge on any atom is 0.573 e. The Bertz CT molecular complexity index is 436. The van der Waals surface area contributed by atoms with Gasteiger partial charge >= 0.3 is 6.36 Å². The van der Waals surface area contributed by atoms with Gasteiger partial charge in [-0.05, 0) is 38.0 Å². The number of nitrogens with one attached hydrogen (secondary N) is 2. The van der Waals surface area contributed by atoms with Crippen molar-refractivity contribution in [3.63, 3.8) is 0 Å². The van der Waals surface area contributed by atoms with Gasteiger partial charge < -0.3 is 15.4 Å². The molecule has 0 atom stereocenters. The average Bonchev–Trinajstić information content (AvgIpc) is 2.39. The van der Waals surface area contributed by atoms with Crippen molar-refractivity contribution in [2.45, 2.75) is 26.6 Å². The third-order valence-electron chi connectivity index (χ3n) is 2.52. The minimum atomic E-state index is -4.65. The zero-order valence-corrected chi connectivity index (χ0v) is 12.1. The smallest absolute Gasteiger partial charge is 0.406 e. The molecule has 0 amide bonds. The van der Waals surface area contributed by atoms with E-state index in [-0.39, 0.29) is 5.75 Å². The molecule has 2 N–H and O–H groups in total. The van der Waals surface area contributed by atoms with E-state index in [9.17, 15) is 13.2 Å². The maximum absolute atomic E-state index is 12.0. The van der Waals surface area contributed by atoms with Crippen molar-refractivity contribution in [1.29, 1.82) is 0 Å². The number of rotatable bonds is 6. The molecule has 0 bridgehead atoms. The largest absolute Gasteiger partial charge is 0.573 e. The first-order valence-corrected chi connectivity index (χ1v) is 6.81. The number of guanidine groups is 1. The second kappa shape index (κ2) is 8.39. The number of benzene rings is 1. The fourth-order valence-corrected chi connectivity index (χ4v) is 1.66. The minimum Gasteiger partial charge on any atom is -0.406 e. The van der Waals surface area contributed by atoms with Gasteiger partial charge in [0.05, 0.1) is 0 Å². The van der Waals surface area contributed by atoms with Crippen molar-refractivity contribution in [3.05, 3.63) is 29.8 Å². The molecule has 0 unspecified atom stereocenters. The number of hydrogen-bond donors (Lipinski definition) is 2. The fraction of sp³-hybridized carbons (Fsp3) is 0.500. The van der Waals surface area contributed by atoms with Crippen molar-refractivity contribution < 1.29 is 17.9 Å². The molecule has 0 spiro atoms. The predicted molar refractivity (Wildman–Crippen MR) is 76.5 cm³/mol. The van der Waals surface area contributed by atoms with E-state index in [2.05, 4.69) is 20.4 Å². The van der Waals surface area contributed by atoms with Crippen LogP contribution in [-0.4, -0.2) is 32.0 Å². The molecule has 0 radical (unpaired) electrons. The van der Waals surface area contributed by atoms with Gasteiger partial charge in [-0.1, -0.05) is 12.1 Å². The van der Waals surface area contributed by atoms with Crippen LogP contribution in [0, 0.1) is 0 Å². The molecule has 4 nitrogen and oxygen atoms in total. The van der Waals surface area contributed by atoms with Gasteiger partial charge in [-0.15, -0.1) is 13.2 Å². The number of nitrogens with zero attached hydrogens (tertiary/aromatic N) is 1. The molecular formula is C14H20F3N3O. The molecule has 1 rings (SSSR count). The molecule has 0 aliphatic carbocycles. The molecule has 0 aromatic heterocycles. The second-order valence-electron chi connectivity index (χ2n) is 4.23. The lowest BCUT2D eigenvalue weighted by Crippen LogP contribution is -2.37. The normalized spacial score (nSPS) is 10.9. The van der Waals surface area contributed by atoms with Crippen molar-refractivity contribution in [2.75, 3.05) is 19.6 Å². The Morgan fingerprint density at radius 3 is 2.14 bits per heavy atom. The summed E-state index contributed by atoms with van der Waals surface area (Å²) in [5.41, 5.74) is 0.903. The van der Waals surface area contributed by atoms with E-state index in [1.54, 1.807) is 12.1 Å². The molecule has 118 valence electrons. The highest BCUT2D eigenvalue weighted by atomic mass is 19.4. The highest BCUT2D eigenvalue weighted by molar-refractivity contribution is 5.79. The maximum atomic E-state index is 12.0. The summed E-state index contributed by atoms with van der Waals surface area (Å²) in [5.74, 6) is 0.521. The highest BCUT2D eigenvalue weighted by Gasteiger charge is 2.30. The predicted octanol–water partition coefficient (Wildman–Crippen LogP) is 2.70. The van der Waals surface area contributed by atoms with Crippen molar-refractivity contribution in [1.82, 2.24) is 10.6 Å². The standard InChI is InChI=1S/C14H20F3N3O/c1-3-18-13(19-4-2)20-10-9-11-5-7-12(8-6-11)21-14(15,16)17/h5-8H,3-4,9-10H2,1-2H3,(H2,18,19,20). The Kier molecular flexibility index (Phi) is 6.84. The third kappa shape index (κ3) is 7.43. The van der Waals surface area contributed by atoms with E-state index < -0.39 is 6.36 Å². The zero-order valence-electron chi connectivity index (χ0n) is 12.1. The molecule has 0 saturated carbocycles. The van der Waals surface area contributed by atoms with Crippen LogP contribution in [0.15, 0.2) is 29.3 Å². The summed E-state index contributed by atoms with van der Waals surface area (Å²) in [5, 5.41) is 6.20. The van der Waals surface area contributed by atoms with Gasteiger partial charge in [0.1, 0.15) is 5.75 Å². The quantitative estimate of drug-likeness (QED) is 0.627. The van der Waals surface area contributed by atoms with Crippen LogP contribution in [0.2, 0.25) is 0 Å². The van der Waals surface area contributed by atoms with Crippen molar-refractivity contribution in [3.8, 4) is 5.75 Å². The van der Waals surface area contributed by atoms with E-state index in [1.807, 2.05) is 13.8 Å². The first-order chi connectivity index (χ1) is 9.94. The molecule has 0 aliphatic rings. The van der Waals surface area contributed by atoms with Gasteiger partial charge in [0.2, 0.25) is 0 Å². The lowest BCUT2D eigenvalue weighted by atomic mass is 10.1. The molecule has 1 aromatic carbocycles. The highest BCUT2D eigenvalue weighted by Crippen LogP contribution is 2.22. The minimum absolute atomic E-state index is 0.212. The van der Waals surface area contributed by atoms with Crippen LogP contribution in [0.3, 0.4) is 0 Å². The number of ether oxygens (including phenoxy) is 1. The van der Waals surface area contributed by atoms with E-state index in [0.29, 0.717) is 13.0 Å². The van der Waals surface area contributed by atoms with Gasteiger partial charge in [0.25, 0.3) is 0 Å². The Labute approximate surface area is 122 Å². The Morgan fingerprint density at radius 1 is 1.10 bits per heavy atom. The van der Waals surface area contributed by atoms with E-state index >= 15 is 0 Å². The Morgan fingerprint density at radius 2 is 1.67 bits per heavy atom. The Hall–Kier alpha value is -1.92. The van der Waals surface area contributed by atoms with Crippen LogP contribution in [-0.2, 0) is 6.42 Å². The van der Waals surface area contributed by atoms with Crippen LogP contribution in [0.4, 0.5) is 13.2 Å². The van der Waals surface area contributed by atoms with Crippen LogP contribution in [0.1, 0.15) is 19.4 Å². The van der Waals surface area contributed by atoms with Gasteiger partial charge in [-0.25, -0.2) is 0 Å². The molecule has 7 heteroatoms. The first kappa shape index (κ1) is 17.1. The lowest BCUT2D eigenvalue weighted by molar-refractivity contribution is -0.274. The molecular weight excluding hydrogens is 283 g/mol. The van der Waals surface area contributed by atoms with Crippen molar-refractivity contribution in [2.24, 2.45) is 4.99 Å². The summed E-state index contributed by atoms with van der Waals surface area (Å²) >= 11 is 0. The van der Waals surface area contributed by atoms with Gasteiger partial charge in [-0.2, -0.15) is 0 Å². The Balaban J connectivity index is 2.50. The van der Waals surface area contributed by atoms with Gasteiger partial charge in [0, 0.05) is 19.6 Å². The average molecular weight is 303 g/mol. The zero-order chi connectivity index (χ0) is 15.7. The third-order valence-corrected chi connectivity index (χ3v) is 2.52. The van der Waals surface area contributed by atoms with Crippen LogP contribution in [0.5, 0.6) is 5.75 Å². The van der Waals surface area contributed by atoms with Crippen molar-refractivity contribution >= 4 is 5.96 Å². The van der Waals surface area contributed by atoms with Gasteiger partial charge in [0.15, 0.2) is 5.96 Å². The molecule has 0 fully saturated rings. The number of aliphatic imine (C=N–C) groups is 1. The molecule has 0 heterocycles. The van der Waals surface area contributed by atoms with E-state index in [4.69, 9.17) is 0 Å². The summed E-state index contributed by atoms with van der Waals surface area (Å²) in [6, 6.07) is 5.83. The summed E-state index contributed by atoms with van der Waals surface area (Å²) < 4.78 is 39.9. The molecule has 21 heavy (non-hydrogen) atoms. The molecule has 0 saturated heterocycles. The lowest BCUT2D eigenvalue weighted by Gasteiger charge is -2.10. The fourth-order valence-electron chi connectivity index (χ4n) is 1.66. The van der Waals surface area contributed by atoms with Crippen LogP contribution < -0.4 is 15.4 Å². The molecule has 0 aliphatic heterocycles. The SMILES string of the molecule is CCNC(=NCCc1ccc(OC(F)(F)F)cc1)NCC. The van der Waals surface area contributed by atoms with Crippen LogP contribution in [0.25, 0.3) is 0 Å². The number of alkyl halides is 3. The summed E-state index contributed by atoms with van der Waals surface area (Å²) in [6.07, 6.45) is -4.01. The van der Waals surface area contributed by atoms with Gasteiger partial charge in [-0.3, -0.25) is 4.99 Å².